The summed E-state index contributed by atoms with van der Waals surface area (Å²) < 4.78 is 5.74. The van der Waals surface area contributed by atoms with Crippen molar-refractivity contribution in [2.45, 2.75) is 6.61 Å². The van der Waals surface area contributed by atoms with Gasteiger partial charge in [-0.3, -0.25) is 9.78 Å². The monoisotopic (exact) mass is 338 g/mol. The van der Waals surface area contributed by atoms with Crippen LogP contribution < -0.4 is 10.1 Å². The summed E-state index contributed by atoms with van der Waals surface area (Å²) in [6, 6.07) is 18.0. The van der Waals surface area contributed by atoms with Crippen LogP contribution in [0.3, 0.4) is 0 Å². The number of benzene rings is 2. The summed E-state index contributed by atoms with van der Waals surface area (Å²) in [5, 5.41) is 3.48. The molecular weight excluding hydrogens is 324 g/mol. The molecule has 0 saturated carbocycles. The van der Waals surface area contributed by atoms with Gasteiger partial charge in [0.2, 0.25) is 0 Å². The largest absolute Gasteiger partial charge is 0.489 e. The standard InChI is InChI=1S/C19H15ClN2O2/c20-16-5-1-3-14(11-16)13-24-18-6-2-4-15(12-18)19(23)22-17-7-9-21-10-8-17/h1-12H,13H2,(H,21,22,23). The second kappa shape index (κ2) is 7.62. The van der Waals surface area contributed by atoms with Crippen molar-refractivity contribution in [2.75, 3.05) is 5.32 Å². The maximum Gasteiger partial charge on any atom is 0.255 e. The molecule has 0 radical (unpaired) electrons. The number of nitrogens with one attached hydrogen (secondary N) is 1. The molecule has 1 heterocycles. The number of rotatable bonds is 5. The van der Waals surface area contributed by atoms with Gasteiger partial charge in [-0.15, -0.1) is 0 Å². The van der Waals surface area contributed by atoms with Crippen LogP contribution in [-0.2, 0) is 6.61 Å². The zero-order valence-corrected chi connectivity index (χ0v) is 13.5. The molecule has 1 amide bonds. The Morgan fingerprint density at radius 3 is 2.62 bits per heavy atom. The van der Waals surface area contributed by atoms with Crippen molar-refractivity contribution in [3.8, 4) is 5.75 Å². The van der Waals surface area contributed by atoms with Gasteiger partial charge in [0.05, 0.1) is 0 Å². The van der Waals surface area contributed by atoms with Crippen molar-refractivity contribution in [1.82, 2.24) is 4.98 Å². The Morgan fingerprint density at radius 1 is 1.04 bits per heavy atom. The molecule has 0 saturated heterocycles. The predicted molar refractivity (Wildman–Crippen MR) is 94.4 cm³/mol. The number of amides is 1. The van der Waals surface area contributed by atoms with E-state index in [2.05, 4.69) is 10.3 Å². The molecule has 2 aromatic carbocycles. The van der Waals surface area contributed by atoms with Crippen molar-refractivity contribution < 1.29 is 9.53 Å². The van der Waals surface area contributed by atoms with E-state index in [0.29, 0.717) is 28.6 Å². The first-order valence-electron chi connectivity index (χ1n) is 7.39. The molecule has 3 aromatic rings. The van der Waals surface area contributed by atoms with Crippen LogP contribution in [0.15, 0.2) is 73.1 Å². The molecule has 0 unspecified atom stereocenters. The number of carbonyl (C=O) groups is 1. The van der Waals surface area contributed by atoms with Crippen LogP contribution >= 0.6 is 11.6 Å². The normalized spacial score (nSPS) is 10.2. The van der Waals surface area contributed by atoms with Crippen molar-refractivity contribution in [3.05, 3.63) is 89.2 Å². The fourth-order valence-electron chi connectivity index (χ4n) is 2.16. The van der Waals surface area contributed by atoms with Crippen LogP contribution in [0.25, 0.3) is 0 Å². The van der Waals surface area contributed by atoms with Gasteiger partial charge in [-0.25, -0.2) is 0 Å². The topological polar surface area (TPSA) is 51.2 Å². The maximum absolute atomic E-state index is 12.3. The third kappa shape index (κ3) is 4.33. The highest BCUT2D eigenvalue weighted by Gasteiger charge is 2.07. The highest BCUT2D eigenvalue weighted by molar-refractivity contribution is 6.30. The number of halogens is 1. The third-order valence-corrected chi connectivity index (χ3v) is 3.56. The van der Waals surface area contributed by atoms with Crippen molar-refractivity contribution in [1.29, 1.82) is 0 Å². The minimum absolute atomic E-state index is 0.200. The summed E-state index contributed by atoms with van der Waals surface area (Å²) in [5.41, 5.74) is 2.18. The number of ether oxygens (including phenoxy) is 1. The lowest BCUT2D eigenvalue weighted by Crippen LogP contribution is -2.11. The van der Waals surface area contributed by atoms with Gasteiger partial charge in [-0.05, 0) is 48.0 Å². The van der Waals surface area contributed by atoms with Gasteiger partial charge in [-0.2, -0.15) is 0 Å². The zero-order chi connectivity index (χ0) is 16.8. The van der Waals surface area contributed by atoms with Gasteiger partial charge in [0.1, 0.15) is 12.4 Å². The molecule has 1 N–H and O–H groups in total. The minimum Gasteiger partial charge on any atom is -0.489 e. The van der Waals surface area contributed by atoms with Crippen LogP contribution in [0.2, 0.25) is 5.02 Å². The van der Waals surface area contributed by atoms with Gasteiger partial charge in [0.25, 0.3) is 5.91 Å². The Labute approximate surface area is 145 Å². The van der Waals surface area contributed by atoms with Crippen molar-refractivity contribution >= 4 is 23.2 Å². The lowest BCUT2D eigenvalue weighted by molar-refractivity contribution is 0.102. The number of pyridine rings is 1. The first-order chi connectivity index (χ1) is 11.7. The lowest BCUT2D eigenvalue weighted by atomic mass is 10.2. The quantitative estimate of drug-likeness (QED) is 0.741. The Morgan fingerprint density at radius 2 is 1.83 bits per heavy atom. The Hall–Kier alpha value is -2.85. The lowest BCUT2D eigenvalue weighted by Gasteiger charge is -2.09. The van der Waals surface area contributed by atoms with E-state index in [-0.39, 0.29) is 5.91 Å². The smallest absolute Gasteiger partial charge is 0.255 e. The van der Waals surface area contributed by atoms with Crippen LogP contribution in [0.4, 0.5) is 5.69 Å². The van der Waals surface area contributed by atoms with E-state index in [0.717, 1.165) is 5.56 Å². The first-order valence-corrected chi connectivity index (χ1v) is 7.77. The average molecular weight is 339 g/mol. The summed E-state index contributed by atoms with van der Waals surface area (Å²) in [4.78, 5) is 16.2. The number of anilines is 1. The number of nitrogens with zero attached hydrogens (tertiary/aromatic N) is 1. The van der Waals surface area contributed by atoms with Crippen molar-refractivity contribution in [2.24, 2.45) is 0 Å². The summed E-state index contributed by atoms with van der Waals surface area (Å²) in [7, 11) is 0. The van der Waals surface area contributed by atoms with E-state index in [1.54, 1.807) is 42.7 Å². The fraction of sp³-hybridized carbons (Fsp3) is 0.0526. The van der Waals surface area contributed by atoms with E-state index in [4.69, 9.17) is 16.3 Å². The van der Waals surface area contributed by atoms with E-state index in [1.165, 1.54) is 0 Å². The molecule has 3 rings (SSSR count). The highest BCUT2D eigenvalue weighted by atomic mass is 35.5. The summed E-state index contributed by atoms with van der Waals surface area (Å²) in [5.74, 6) is 0.423. The fourth-order valence-corrected chi connectivity index (χ4v) is 2.37. The van der Waals surface area contributed by atoms with Crippen LogP contribution in [0.1, 0.15) is 15.9 Å². The molecule has 0 atom stereocenters. The average Bonchev–Trinajstić information content (AvgIpc) is 2.61. The van der Waals surface area contributed by atoms with Crippen LogP contribution in [0, 0.1) is 0 Å². The molecule has 0 aliphatic carbocycles. The predicted octanol–water partition coefficient (Wildman–Crippen LogP) is 4.57. The molecule has 5 heteroatoms. The van der Waals surface area contributed by atoms with E-state index >= 15 is 0 Å². The summed E-state index contributed by atoms with van der Waals surface area (Å²) in [6.45, 7) is 0.385. The molecule has 0 aliphatic heterocycles. The third-order valence-electron chi connectivity index (χ3n) is 3.33. The Balaban J connectivity index is 1.66. The SMILES string of the molecule is O=C(Nc1ccncc1)c1cccc(OCc2cccc(Cl)c2)c1. The highest BCUT2D eigenvalue weighted by Crippen LogP contribution is 2.18. The molecule has 0 spiro atoms. The molecular formula is C19H15ClN2O2. The van der Waals surface area contributed by atoms with Crippen LogP contribution in [0.5, 0.6) is 5.75 Å². The maximum atomic E-state index is 12.3. The summed E-state index contributed by atoms with van der Waals surface area (Å²) >= 11 is 5.96. The Bertz CT molecular complexity index is 838. The van der Waals surface area contributed by atoms with Crippen LogP contribution in [-0.4, -0.2) is 10.9 Å². The van der Waals surface area contributed by atoms with Gasteiger partial charge >= 0.3 is 0 Å². The zero-order valence-electron chi connectivity index (χ0n) is 12.8. The van der Waals surface area contributed by atoms with Gasteiger partial charge in [0.15, 0.2) is 0 Å². The number of carbonyl (C=O) groups excluding carboxylic acids is 1. The molecule has 4 nitrogen and oxygen atoms in total. The number of hydrogen-bond donors (Lipinski definition) is 1. The molecule has 0 aliphatic rings. The first kappa shape index (κ1) is 16.0. The van der Waals surface area contributed by atoms with Gasteiger partial charge < -0.3 is 10.1 Å². The second-order valence-electron chi connectivity index (χ2n) is 5.14. The number of hydrogen-bond acceptors (Lipinski definition) is 3. The molecule has 120 valence electrons. The molecule has 24 heavy (non-hydrogen) atoms. The second-order valence-corrected chi connectivity index (χ2v) is 5.57. The van der Waals surface area contributed by atoms with E-state index < -0.39 is 0 Å². The van der Waals surface area contributed by atoms with E-state index in [9.17, 15) is 4.79 Å². The Kier molecular flexibility index (Phi) is 5.08. The van der Waals surface area contributed by atoms with Crippen molar-refractivity contribution in [3.63, 3.8) is 0 Å². The molecule has 0 bridgehead atoms. The molecule has 0 fully saturated rings. The van der Waals surface area contributed by atoms with E-state index in [1.807, 2.05) is 30.3 Å². The van der Waals surface area contributed by atoms with Gasteiger partial charge in [0, 0.05) is 28.7 Å². The molecule has 1 aromatic heterocycles. The number of aromatic nitrogens is 1. The summed E-state index contributed by atoms with van der Waals surface area (Å²) in [6.07, 6.45) is 3.25. The van der Waals surface area contributed by atoms with Gasteiger partial charge in [-0.1, -0.05) is 29.8 Å². The minimum atomic E-state index is -0.200.